The Labute approximate surface area is 169 Å². The van der Waals surface area contributed by atoms with Crippen molar-refractivity contribution < 1.29 is 24.2 Å². The minimum Gasteiger partial charge on any atom is -0.480 e. The van der Waals surface area contributed by atoms with Crippen LogP contribution in [-0.4, -0.2) is 70.6 Å². The van der Waals surface area contributed by atoms with Gasteiger partial charge in [0.05, 0.1) is 12.6 Å². The number of ether oxygens (including phenoxy) is 1. The van der Waals surface area contributed by atoms with Crippen LogP contribution in [0.25, 0.3) is 0 Å². The molecule has 2 N–H and O–H groups in total. The molecule has 28 heavy (non-hydrogen) atoms. The van der Waals surface area contributed by atoms with Crippen molar-refractivity contribution in [2.24, 2.45) is 0 Å². The second-order valence-corrected chi connectivity index (χ2v) is 8.28. The number of carboxylic acids is 1. The van der Waals surface area contributed by atoms with Crippen molar-refractivity contribution >= 4 is 29.6 Å². The first-order valence-corrected chi connectivity index (χ1v) is 10.5. The van der Waals surface area contributed by atoms with Gasteiger partial charge in [0.1, 0.15) is 12.6 Å². The van der Waals surface area contributed by atoms with E-state index in [4.69, 9.17) is 9.84 Å². The van der Waals surface area contributed by atoms with Crippen LogP contribution in [-0.2, 0) is 25.5 Å². The van der Waals surface area contributed by atoms with Gasteiger partial charge in [-0.05, 0) is 25.3 Å². The van der Waals surface area contributed by atoms with Gasteiger partial charge in [0.2, 0.25) is 5.91 Å². The molecule has 1 aromatic carbocycles. The first kappa shape index (κ1) is 22.2. The van der Waals surface area contributed by atoms with Crippen LogP contribution in [0.5, 0.6) is 0 Å². The summed E-state index contributed by atoms with van der Waals surface area (Å²) in [7, 11) is 0. The molecule has 0 spiro atoms. The van der Waals surface area contributed by atoms with Crippen molar-refractivity contribution in [3.05, 3.63) is 35.9 Å². The Bertz CT molecular complexity index is 670. The number of thioether (sulfide) groups is 1. The van der Waals surface area contributed by atoms with E-state index in [1.807, 2.05) is 37.3 Å². The normalized spacial score (nSPS) is 21.1. The topological polar surface area (TPSA) is 95.9 Å². The molecule has 0 radical (unpaired) electrons. The maximum absolute atomic E-state index is 12.9. The fourth-order valence-corrected chi connectivity index (χ4v) is 4.19. The molecule has 0 bridgehead atoms. The molecule has 0 saturated carbocycles. The van der Waals surface area contributed by atoms with Crippen LogP contribution in [0.3, 0.4) is 0 Å². The third kappa shape index (κ3) is 6.83. The van der Waals surface area contributed by atoms with Gasteiger partial charge in [0.15, 0.2) is 0 Å². The number of nitrogens with zero attached hydrogens (tertiary/aromatic N) is 1. The number of carbonyl (C=O) groups excluding carboxylic acids is 2. The summed E-state index contributed by atoms with van der Waals surface area (Å²) in [6.07, 6.45) is 1.16. The quantitative estimate of drug-likeness (QED) is 0.599. The van der Waals surface area contributed by atoms with E-state index in [-0.39, 0.29) is 24.3 Å². The zero-order valence-corrected chi connectivity index (χ0v) is 17.1. The first-order chi connectivity index (χ1) is 13.4. The Hall–Kier alpha value is -2.06. The van der Waals surface area contributed by atoms with Crippen molar-refractivity contribution in [1.82, 2.24) is 10.2 Å². The summed E-state index contributed by atoms with van der Waals surface area (Å²) in [4.78, 5) is 37.8. The van der Waals surface area contributed by atoms with Gasteiger partial charge in [0, 0.05) is 17.5 Å². The fraction of sp³-hybridized carbons (Fsp3) is 0.550. The third-order valence-corrected chi connectivity index (χ3v) is 5.74. The predicted molar refractivity (Wildman–Crippen MR) is 108 cm³/mol. The summed E-state index contributed by atoms with van der Waals surface area (Å²) in [6.45, 7) is 4.01. The number of aliphatic carboxylic acids is 1. The van der Waals surface area contributed by atoms with Gasteiger partial charge in [-0.15, -0.1) is 0 Å². The molecule has 1 heterocycles. The highest BCUT2D eigenvalue weighted by Crippen LogP contribution is 2.20. The minimum absolute atomic E-state index is 0.125. The summed E-state index contributed by atoms with van der Waals surface area (Å²) in [5, 5.41) is 12.4. The number of amides is 1. The van der Waals surface area contributed by atoms with Crippen LogP contribution in [0.4, 0.5) is 0 Å². The second kappa shape index (κ2) is 11.1. The van der Waals surface area contributed by atoms with Crippen molar-refractivity contribution in [2.45, 2.75) is 44.0 Å². The van der Waals surface area contributed by atoms with Gasteiger partial charge >= 0.3 is 11.9 Å². The van der Waals surface area contributed by atoms with Crippen molar-refractivity contribution in [2.75, 3.05) is 25.4 Å². The SMILES string of the molecule is CCOC(=O)C(CCc1ccccc1)NC1CSC(C)CN(CC(=O)O)C1=O. The number of nitrogens with one attached hydrogen (secondary N) is 1. The standard InChI is InChI=1S/C20H28N2O5S/c1-3-27-20(26)16(10-9-15-7-5-4-6-8-15)21-17-13-28-14(2)11-22(19(17)25)12-18(23)24/h4-8,14,16-17,21H,3,9-13H2,1-2H3,(H,23,24). The van der Waals surface area contributed by atoms with Gasteiger partial charge in [-0.3, -0.25) is 19.7 Å². The second-order valence-electron chi connectivity index (χ2n) is 6.80. The number of hydrogen-bond donors (Lipinski definition) is 2. The summed E-state index contributed by atoms with van der Waals surface area (Å²) >= 11 is 1.59. The van der Waals surface area contributed by atoms with Gasteiger partial charge in [0.25, 0.3) is 0 Å². The number of aryl methyl sites for hydroxylation is 1. The van der Waals surface area contributed by atoms with E-state index in [0.29, 0.717) is 25.1 Å². The smallest absolute Gasteiger partial charge is 0.323 e. The highest BCUT2D eigenvalue weighted by molar-refractivity contribution is 8.00. The van der Waals surface area contributed by atoms with E-state index in [0.717, 1.165) is 5.56 Å². The molecule has 3 unspecified atom stereocenters. The summed E-state index contributed by atoms with van der Waals surface area (Å²) in [5.41, 5.74) is 1.10. The van der Waals surface area contributed by atoms with E-state index in [1.165, 1.54) is 4.90 Å². The zero-order valence-electron chi connectivity index (χ0n) is 16.3. The molecule has 1 saturated heterocycles. The lowest BCUT2D eigenvalue weighted by Gasteiger charge is -2.26. The lowest BCUT2D eigenvalue weighted by Crippen LogP contribution is -2.53. The summed E-state index contributed by atoms with van der Waals surface area (Å²) in [6, 6.07) is 8.55. The molecule has 0 aliphatic carbocycles. The molecule has 2 rings (SSSR count). The van der Waals surface area contributed by atoms with Gasteiger partial charge < -0.3 is 14.7 Å². The van der Waals surface area contributed by atoms with Crippen molar-refractivity contribution in [3.63, 3.8) is 0 Å². The molecule has 154 valence electrons. The first-order valence-electron chi connectivity index (χ1n) is 9.49. The number of rotatable bonds is 9. The molecule has 3 atom stereocenters. The molecule has 1 aliphatic rings. The van der Waals surface area contributed by atoms with E-state index < -0.39 is 24.0 Å². The lowest BCUT2D eigenvalue weighted by atomic mass is 10.0. The summed E-state index contributed by atoms with van der Waals surface area (Å²) < 4.78 is 5.19. The Kier molecular flexibility index (Phi) is 8.79. The van der Waals surface area contributed by atoms with Crippen LogP contribution < -0.4 is 5.32 Å². The summed E-state index contributed by atoms with van der Waals surface area (Å²) in [5.74, 6) is -1.24. The van der Waals surface area contributed by atoms with E-state index >= 15 is 0 Å². The van der Waals surface area contributed by atoms with Crippen molar-refractivity contribution in [1.29, 1.82) is 0 Å². The third-order valence-electron chi connectivity index (χ3n) is 4.50. The van der Waals surface area contributed by atoms with E-state index in [2.05, 4.69) is 5.32 Å². The average Bonchev–Trinajstić information content (AvgIpc) is 2.78. The molecular formula is C20H28N2O5S. The lowest BCUT2D eigenvalue weighted by molar-refractivity contribution is -0.148. The maximum Gasteiger partial charge on any atom is 0.323 e. The number of carboxylic acid groups (broad SMARTS) is 1. The van der Waals surface area contributed by atoms with E-state index in [1.54, 1.807) is 18.7 Å². The Morgan fingerprint density at radius 1 is 1.36 bits per heavy atom. The molecule has 7 nitrogen and oxygen atoms in total. The van der Waals surface area contributed by atoms with Crippen LogP contribution in [0.1, 0.15) is 25.8 Å². The van der Waals surface area contributed by atoms with E-state index in [9.17, 15) is 14.4 Å². The molecule has 1 aromatic rings. The largest absolute Gasteiger partial charge is 0.480 e. The average molecular weight is 409 g/mol. The van der Waals surface area contributed by atoms with Crippen LogP contribution in [0.2, 0.25) is 0 Å². The molecule has 1 amide bonds. The Morgan fingerprint density at radius 3 is 2.71 bits per heavy atom. The predicted octanol–water partition coefficient (Wildman–Crippen LogP) is 1.56. The van der Waals surface area contributed by atoms with Crippen molar-refractivity contribution in [3.8, 4) is 0 Å². The molecule has 8 heteroatoms. The molecule has 1 aliphatic heterocycles. The number of carbonyl (C=O) groups is 3. The van der Waals surface area contributed by atoms with Gasteiger partial charge in [-0.2, -0.15) is 11.8 Å². The number of hydrogen-bond acceptors (Lipinski definition) is 6. The zero-order chi connectivity index (χ0) is 20.5. The molecule has 0 aromatic heterocycles. The monoisotopic (exact) mass is 408 g/mol. The maximum atomic E-state index is 12.9. The van der Waals surface area contributed by atoms with Gasteiger partial charge in [-0.1, -0.05) is 37.3 Å². The van der Waals surface area contributed by atoms with Gasteiger partial charge in [-0.25, -0.2) is 0 Å². The highest BCUT2D eigenvalue weighted by Gasteiger charge is 2.34. The Balaban J connectivity index is 2.10. The molecule has 1 fully saturated rings. The van der Waals surface area contributed by atoms with Crippen LogP contribution in [0, 0.1) is 0 Å². The number of benzene rings is 1. The number of esters is 1. The highest BCUT2D eigenvalue weighted by atomic mass is 32.2. The Morgan fingerprint density at radius 2 is 2.07 bits per heavy atom. The van der Waals surface area contributed by atoms with Crippen LogP contribution >= 0.6 is 11.8 Å². The molecular weight excluding hydrogens is 380 g/mol. The minimum atomic E-state index is -1.04. The van der Waals surface area contributed by atoms with Crippen LogP contribution in [0.15, 0.2) is 30.3 Å². The fourth-order valence-electron chi connectivity index (χ4n) is 3.14.